The molecule has 0 saturated carbocycles. The Labute approximate surface area is 145 Å². The second-order valence-corrected chi connectivity index (χ2v) is 6.20. The number of carbonyl (C=O) groups excluding carboxylic acids is 1. The van der Waals surface area contributed by atoms with Crippen molar-refractivity contribution in [2.45, 2.75) is 26.4 Å². The molecule has 3 aromatic rings. The zero-order valence-corrected chi connectivity index (χ0v) is 14.1. The van der Waals surface area contributed by atoms with E-state index in [9.17, 15) is 4.79 Å². The molecule has 6 nitrogen and oxygen atoms in total. The van der Waals surface area contributed by atoms with Crippen LogP contribution in [0.5, 0.6) is 5.75 Å². The first-order chi connectivity index (χ1) is 12.1. The average molecular weight is 334 g/mol. The second-order valence-electron chi connectivity index (χ2n) is 6.20. The molecule has 6 heteroatoms. The van der Waals surface area contributed by atoms with Gasteiger partial charge in [0.15, 0.2) is 6.10 Å². The number of nitrogens with zero attached hydrogens (tertiary/aromatic N) is 3. The number of ether oxygens (including phenoxy) is 1. The third-order valence-electron chi connectivity index (χ3n) is 4.46. The van der Waals surface area contributed by atoms with E-state index in [2.05, 4.69) is 28.5 Å². The molecule has 0 saturated heterocycles. The largest absolute Gasteiger partial charge is 0.480 e. The summed E-state index contributed by atoms with van der Waals surface area (Å²) >= 11 is 0. The lowest BCUT2D eigenvalue weighted by Crippen LogP contribution is -2.32. The van der Waals surface area contributed by atoms with Crippen molar-refractivity contribution in [3.63, 3.8) is 0 Å². The van der Waals surface area contributed by atoms with Gasteiger partial charge in [-0.15, -0.1) is 10.2 Å². The summed E-state index contributed by atoms with van der Waals surface area (Å²) in [6.07, 6.45) is 1.57. The van der Waals surface area contributed by atoms with Gasteiger partial charge in [0.05, 0.1) is 5.69 Å². The van der Waals surface area contributed by atoms with Crippen LogP contribution in [0.15, 0.2) is 48.8 Å². The van der Waals surface area contributed by atoms with Gasteiger partial charge in [-0.25, -0.2) is 0 Å². The van der Waals surface area contributed by atoms with Crippen molar-refractivity contribution in [2.24, 2.45) is 0 Å². The van der Waals surface area contributed by atoms with E-state index in [0.29, 0.717) is 12.4 Å². The highest BCUT2D eigenvalue weighted by Crippen LogP contribution is 2.31. The number of nitrogens with one attached hydrogen (secondary N) is 1. The summed E-state index contributed by atoms with van der Waals surface area (Å²) in [4.78, 5) is 12.6. The van der Waals surface area contributed by atoms with Gasteiger partial charge in [-0.2, -0.15) is 0 Å². The van der Waals surface area contributed by atoms with Crippen LogP contribution in [-0.2, 0) is 11.2 Å². The van der Waals surface area contributed by atoms with Gasteiger partial charge in [0.1, 0.15) is 12.1 Å². The molecule has 1 aromatic heterocycles. The summed E-state index contributed by atoms with van der Waals surface area (Å²) in [5.74, 6) is 0.938. The topological polar surface area (TPSA) is 69.0 Å². The number of rotatable bonds is 3. The predicted molar refractivity (Wildman–Crippen MR) is 94.0 cm³/mol. The Bertz CT molecular complexity index is 903. The normalized spacial score (nSPS) is 15.5. The minimum Gasteiger partial charge on any atom is -0.480 e. The Morgan fingerprint density at radius 3 is 2.76 bits per heavy atom. The Morgan fingerprint density at radius 1 is 1.20 bits per heavy atom. The van der Waals surface area contributed by atoms with Crippen molar-refractivity contribution in [3.8, 4) is 11.4 Å². The fraction of sp³-hybridized carbons (Fsp3) is 0.211. The zero-order valence-electron chi connectivity index (χ0n) is 14.1. The van der Waals surface area contributed by atoms with E-state index < -0.39 is 6.10 Å². The highest BCUT2D eigenvalue weighted by molar-refractivity contribution is 5.94. The lowest BCUT2D eigenvalue weighted by atomic mass is 10.0. The van der Waals surface area contributed by atoms with Crippen molar-refractivity contribution >= 4 is 11.9 Å². The third-order valence-corrected chi connectivity index (χ3v) is 4.46. The zero-order chi connectivity index (χ0) is 17.4. The van der Waals surface area contributed by atoms with E-state index in [-0.39, 0.29) is 5.91 Å². The minimum atomic E-state index is -0.558. The van der Waals surface area contributed by atoms with Gasteiger partial charge in [0, 0.05) is 6.42 Å². The van der Waals surface area contributed by atoms with Crippen LogP contribution in [0.1, 0.15) is 16.7 Å². The lowest BCUT2D eigenvalue weighted by molar-refractivity contribution is -0.122. The molecule has 4 rings (SSSR count). The number of hydrogen-bond donors (Lipinski definition) is 1. The van der Waals surface area contributed by atoms with Crippen molar-refractivity contribution in [2.75, 3.05) is 5.32 Å². The van der Waals surface area contributed by atoms with Crippen molar-refractivity contribution < 1.29 is 9.53 Å². The summed E-state index contributed by atoms with van der Waals surface area (Å²) < 4.78 is 7.56. The fourth-order valence-electron chi connectivity index (χ4n) is 2.95. The smallest absolute Gasteiger partial charge is 0.268 e. The fourth-order valence-corrected chi connectivity index (χ4v) is 2.95. The van der Waals surface area contributed by atoms with E-state index in [1.807, 2.05) is 43.3 Å². The van der Waals surface area contributed by atoms with Crippen LogP contribution in [0.2, 0.25) is 0 Å². The van der Waals surface area contributed by atoms with Crippen LogP contribution < -0.4 is 10.1 Å². The van der Waals surface area contributed by atoms with Crippen LogP contribution in [0.4, 0.5) is 5.95 Å². The molecule has 1 aliphatic rings. The van der Waals surface area contributed by atoms with Crippen molar-refractivity contribution in [1.82, 2.24) is 14.8 Å². The molecule has 1 atom stereocenters. The van der Waals surface area contributed by atoms with E-state index in [0.717, 1.165) is 22.6 Å². The number of fused-ring (bicyclic) bond motifs is 1. The Balaban J connectivity index is 1.52. The van der Waals surface area contributed by atoms with Crippen molar-refractivity contribution in [3.05, 3.63) is 65.5 Å². The standard InChI is InChI=1S/C19H18N4O2/c1-12-8-14-10-17(25-16(14)9-13(12)2)18(24)21-19-22-20-11-23(19)15-6-4-3-5-7-15/h3-9,11,17H,10H2,1-2H3,(H,21,22,24)/t17-/m0/s1. The molecule has 2 heterocycles. The average Bonchev–Trinajstić information content (AvgIpc) is 3.23. The SMILES string of the molecule is Cc1cc2c(cc1C)O[C@H](C(=O)Nc1nncn1-c1ccccc1)C2. The molecule has 1 aliphatic heterocycles. The van der Waals surface area contributed by atoms with Crippen LogP contribution in [0.25, 0.3) is 5.69 Å². The van der Waals surface area contributed by atoms with Gasteiger partial charge in [0.2, 0.25) is 5.95 Å². The van der Waals surface area contributed by atoms with E-state index in [4.69, 9.17) is 4.74 Å². The maximum Gasteiger partial charge on any atom is 0.268 e. The molecule has 1 N–H and O–H groups in total. The van der Waals surface area contributed by atoms with Gasteiger partial charge >= 0.3 is 0 Å². The van der Waals surface area contributed by atoms with E-state index in [1.165, 1.54) is 5.56 Å². The number of aryl methyl sites for hydroxylation is 2. The highest BCUT2D eigenvalue weighted by Gasteiger charge is 2.30. The molecule has 0 spiro atoms. The number of para-hydroxylation sites is 1. The first-order valence-electron chi connectivity index (χ1n) is 8.15. The van der Waals surface area contributed by atoms with Gasteiger partial charge in [-0.05, 0) is 48.7 Å². The molecule has 0 unspecified atom stereocenters. The molecular formula is C19H18N4O2. The van der Waals surface area contributed by atoms with Gasteiger partial charge < -0.3 is 4.74 Å². The van der Waals surface area contributed by atoms with Crippen LogP contribution in [0.3, 0.4) is 0 Å². The van der Waals surface area contributed by atoms with E-state index >= 15 is 0 Å². The Morgan fingerprint density at radius 2 is 1.96 bits per heavy atom. The quantitative estimate of drug-likeness (QED) is 0.800. The second kappa shape index (κ2) is 6.05. The molecule has 0 fully saturated rings. The third kappa shape index (κ3) is 2.87. The number of carbonyl (C=O) groups is 1. The van der Waals surface area contributed by atoms with Gasteiger partial charge in [-0.3, -0.25) is 14.7 Å². The predicted octanol–water partition coefficient (Wildman–Crippen LogP) is 2.83. The minimum absolute atomic E-state index is 0.225. The summed E-state index contributed by atoms with van der Waals surface area (Å²) in [6.45, 7) is 4.10. The first-order valence-corrected chi connectivity index (χ1v) is 8.15. The molecule has 126 valence electrons. The lowest BCUT2D eigenvalue weighted by Gasteiger charge is -2.12. The summed E-state index contributed by atoms with van der Waals surface area (Å²) in [7, 11) is 0. The summed E-state index contributed by atoms with van der Waals surface area (Å²) in [5.41, 5.74) is 4.30. The highest BCUT2D eigenvalue weighted by atomic mass is 16.5. The molecule has 0 bridgehead atoms. The van der Waals surface area contributed by atoms with Crippen LogP contribution in [-0.4, -0.2) is 26.8 Å². The number of hydrogen-bond acceptors (Lipinski definition) is 4. The number of amides is 1. The van der Waals surface area contributed by atoms with Crippen molar-refractivity contribution in [1.29, 1.82) is 0 Å². The molecule has 1 amide bonds. The number of anilines is 1. The molecular weight excluding hydrogens is 316 g/mol. The summed E-state index contributed by atoms with van der Waals surface area (Å²) in [5, 5.41) is 10.7. The Kier molecular flexibility index (Phi) is 3.72. The first kappa shape index (κ1) is 15.4. The summed E-state index contributed by atoms with van der Waals surface area (Å²) in [6, 6.07) is 13.7. The van der Waals surface area contributed by atoms with E-state index in [1.54, 1.807) is 10.9 Å². The maximum absolute atomic E-state index is 12.6. The van der Waals surface area contributed by atoms with Gasteiger partial charge in [0.25, 0.3) is 5.91 Å². The monoisotopic (exact) mass is 334 g/mol. The maximum atomic E-state index is 12.6. The Hall–Kier alpha value is -3.15. The molecule has 0 aliphatic carbocycles. The number of benzene rings is 2. The molecule has 2 aromatic carbocycles. The van der Waals surface area contributed by atoms with Crippen LogP contribution >= 0.6 is 0 Å². The molecule has 25 heavy (non-hydrogen) atoms. The molecule has 0 radical (unpaired) electrons. The van der Waals surface area contributed by atoms with Crippen LogP contribution in [0, 0.1) is 13.8 Å². The van der Waals surface area contributed by atoms with Gasteiger partial charge in [-0.1, -0.05) is 24.3 Å². The number of aromatic nitrogens is 3.